The molecule has 1 aliphatic heterocycles. The van der Waals surface area contributed by atoms with E-state index in [4.69, 9.17) is 5.11 Å². The van der Waals surface area contributed by atoms with Gasteiger partial charge in [-0.3, -0.25) is 10.1 Å². The maximum Gasteiger partial charge on any atom is 0.323 e. The van der Waals surface area contributed by atoms with E-state index < -0.39 is 5.97 Å². The number of hydrogen-bond donors (Lipinski definition) is 2. The van der Waals surface area contributed by atoms with E-state index in [0.29, 0.717) is 24.1 Å². The highest BCUT2D eigenvalue weighted by atomic mass is 32.1. The summed E-state index contributed by atoms with van der Waals surface area (Å²) in [5.41, 5.74) is 0.970. The second kappa shape index (κ2) is 6.89. The number of carbonyl (C=O) groups is 2. The number of anilines is 1. The molecule has 1 atom stereocenters. The van der Waals surface area contributed by atoms with Gasteiger partial charge in [-0.15, -0.1) is 11.3 Å². The lowest BCUT2D eigenvalue weighted by molar-refractivity contribution is -0.138. The highest BCUT2D eigenvalue weighted by Gasteiger charge is 2.25. The Hall–Kier alpha value is -1.63. The fourth-order valence-corrected chi connectivity index (χ4v) is 3.30. The minimum Gasteiger partial charge on any atom is -0.481 e. The summed E-state index contributed by atoms with van der Waals surface area (Å²) in [6.07, 6.45) is 1.84. The minimum absolute atomic E-state index is 0.0459. The van der Waals surface area contributed by atoms with Crippen LogP contribution in [0.25, 0.3) is 0 Å². The van der Waals surface area contributed by atoms with Gasteiger partial charge in [-0.1, -0.05) is 13.8 Å². The first-order valence-electron chi connectivity index (χ1n) is 7.19. The van der Waals surface area contributed by atoms with Crippen LogP contribution in [0.5, 0.6) is 0 Å². The van der Waals surface area contributed by atoms with E-state index in [1.165, 1.54) is 11.3 Å². The third kappa shape index (κ3) is 4.42. The van der Waals surface area contributed by atoms with Gasteiger partial charge < -0.3 is 10.0 Å². The van der Waals surface area contributed by atoms with Crippen LogP contribution in [-0.4, -0.2) is 40.1 Å². The molecule has 2 N–H and O–H groups in total. The van der Waals surface area contributed by atoms with Crippen LogP contribution in [0.4, 0.5) is 9.93 Å². The van der Waals surface area contributed by atoms with Crippen LogP contribution < -0.4 is 5.32 Å². The monoisotopic (exact) mass is 311 g/mol. The van der Waals surface area contributed by atoms with E-state index in [2.05, 4.69) is 24.1 Å². The molecule has 1 saturated heterocycles. The number of thiazole rings is 1. The second-order valence-electron chi connectivity index (χ2n) is 5.71. The van der Waals surface area contributed by atoms with Gasteiger partial charge in [0.15, 0.2) is 5.13 Å². The first-order chi connectivity index (χ1) is 9.95. The van der Waals surface area contributed by atoms with Crippen molar-refractivity contribution in [2.45, 2.75) is 39.0 Å². The van der Waals surface area contributed by atoms with Crippen molar-refractivity contribution < 1.29 is 14.7 Å². The van der Waals surface area contributed by atoms with Crippen LogP contribution in [0.3, 0.4) is 0 Å². The molecule has 1 fully saturated rings. The molecular weight excluding hydrogens is 290 g/mol. The predicted molar refractivity (Wildman–Crippen MR) is 81.8 cm³/mol. The fourth-order valence-electron chi connectivity index (χ4n) is 2.44. The van der Waals surface area contributed by atoms with Gasteiger partial charge in [0.1, 0.15) is 0 Å². The number of amides is 2. The Morgan fingerprint density at radius 2 is 2.33 bits per heavy atom. The van der Waals surface area contributed by atoms with Crippen molar-refractivity contribution in [2.75, 3.05) is 18.4 Å². The van der Waals surface area contributed by atoms with Gasteiger partial charge in [-0.05, 0) is 24.7 Å². The Bertz CT molecular complexity index is 515. The van der Waals surface area contributed by atoms with Crippen molar-refractivity contribution in [3.8, 4) is 0 Å². The molecule has 0 saturated carbocycles. The van der Waals surface area contributed by atoms with Crippen molar-refractivity contribution in [3.63, 3.8) is 0 Å². The Morgan fingerprint density at radius 3 is 2.95 bits per heavy atom. The molecule has 1 aromatic heterocycles. The number of nitrogens with one attached hydrogen (secondary N) is 1. The van der Waals surface area contributed by atoms with Gasteiger partial charge in [-0.25, -0.2) is 9.78 Å². The van der Waals surface area contributed by atoms with Crippen LogP contribution in [-0.2, 0) is 4.79 Å². The molecule has 1 unspecified atom stereocenters. The van der Waals surface area contributed by atoms with E-state index in [-0.39, 0.29) is 18.4 Å². The molecule has 2 amide bonds. The number of hydrogen-bond acceptors (Lipinski definition) is 4. The summed E-state index contributed by atoms with van der Waals surface area (Å²) in [6.45, 7) is 5.29. The van der Waals surface area contributed by atoms with Crippen LogP contribution in [0.2, 0.25) is 0 Å². The topological polar surface area (TPSA) is 82.5 Å². The molecule has 116 valence electrons. The van der Waals surface area contributed by atoms with Crippen LogP contribution >= 0.6 is 11.3 Å². The number of aromatic nitrogens is 1. The maximum atomic E-state index is 12.2. The number of carboxylic acid groups (broad SMARTS) is 1. The zero-order valence-electron chi connectivity index (χ0n) is 12.3. The van der Waals surface area contributed by atoms with Crippen LogP contribution in [0.1, 0.15) is 44.7 Å². The number of carboxylic acids is 1. The summed E-state index contributed by atoms with van der Waals surface area (Å²) < 4.78 is 0. The smallest absolute Gasteiger partial charge is 0.323 e. The van der Waals surface area contributed by atoms with Gasteiger partial charge in [0, 0.05) is 24.9 Å². The van der Waals surface area contributed by atoms with Crippen molar-refractivity contribution in [1.29, 1.82) is 0 Å². The molecule has 21 heavy (non-hydrogen) atoms. The molecule has 1 aliphatic rings. The summed E-state index contributed by atoms with van der Waals surface area (Å²) in [6, 6.07) is -0.185. The van der Waals surface area contributed by atoms with Crippen LogP contribution in [0, 0.1) is 5.92 Å². The first-order valence-corrected chi connectivity index (χ1v) is 8.06. The van der Waals surface area contributed by atoms with E-state index in [1.54, 1.807) is 4.90 Å². The standard InChI is InChI=1S/C14H21N3O3S/c1-9(2)11-8-21-13(15-11)16-14(20)17-5-3-4-10(7-17)6-12(18)19/h8-10H,3-7H2,1-2H3,(H,18,19)(H,15,16,20). The Kier molecular flexibility index (Phi) is 5.17. The Balaban J connectivity index is 1.91. The summed E-state index contributed by atoms with van der Waals surface area (Å²) in [4.78, 5) is 29.1. The lowest BCUT2D eigenvalue weighted by atomic mass is 9.95. The van der Waals surface area contributed by atoms with Crippen molar-refractivity contribution in [1.82, 2.24) is 9.88 Å². The van der Waals surface area contributed by atoms with Gasteiger partial charge in [0.2, 0.25) is 0 Å². The second-order valence-corrected chi connectivity index (χ2v) is 6.57. The third-order valence-electron chi connectivity index (χ3n) is 3.60. The maximum absolute atomic E-state index is 12.2. The Morgan fingerprint density at radius 1 is 1.57 bits per heavy atom. The van der Waals surface area contributed by atoms with Crippen molar-refractivity contribution in [3.05, 3.63) is 11.1 Å². The van der Waals surface area contributed by atoms with Crippen molar-refractivity contribution >= 4 is 28.5 Å². The largest absolute Gasteiger partial charge is 0.481 e. The fraction of sp³-hybridized carbons (Fsp3) is 0.643. The Labute approximate surface area is 128 Å². The molecule has 7 heteroatoms. The number of piperidine rings is 1. The molecule has 0 spiro atoms. The SMILES string of the molecule is CC(C)c1csc(NC(=O)N2CCCC(CC(=O)O)C2)n1. The van der Waals surface area contributed by atoms with Gasteiger partial charge >= 0.3 is 12.0 Å². The molecule has 0 bridgehead atoms. The summed E-state index contributed by atoms with van der Waals surface area (Å²) in [5.74, 6) is -0.421. The van der Waals surface area contributed by atoms with E-state index in [0.717, 1.165) is 18.5 Å². The number of urea groups is 1. The van der Waals surface area contributed by atoms with Gasteiger partial charge in [0.25, 0.3) is 0 Å². The van der Waals surface area contributed by atoms with E-state index in [1.807, 2.05) is 5.38 Å². The van der Waals surface area contributed by atoms with E-state index >= 15 is 0 Å². The number of nitrogens with zero attached hydrogens (tertiary/aromatic N) is 2. The zero-order valence-corrected chi connectivity index (χ0v) is 13.2. The molecule has 2 rings (SSSR count). The number of carbonyl (C=O) groups excluding carboxylic acids is 1. The highest BCUT2D eigenvalue weighted by Crippen LogP contribution is 2.23. The summed E-state index contributed by atoms with van der Waals surface area (Å²) in [7, 11) is 0. The molecular formula is C14H21N3O3S. The number of aliphatic carboxylic acids is 1. The average Bonchev–Trinajstić information content (AvgIpc) is 2.87. The first kappa shape index (κ1) is 15.8. The van der Waals surface area contributed by atoms with E-state index in [9.17, 15) is 9.59 Å². The lowest BCUT2D eigenvalue weighted by Gasteiger charge is -2.31. The summed E-state index contributed by atoms with van der Waals surface area (Å²) >= 11 is 1.42. The molecule has 6 nitrogen and oxygen atoms in total. The minimum atomic E-state index is -0.802. The normalized spacial score (nSPS) is 18.8. The van der Waals surface area contributed by atoms with Crippen molar-refractivity contribution in [2.24, 2.45) is 5.92 Å². The quantitative estimate of drug-likeness (QED) is 0.895. The number of rotatable bonds is 4. The third-order valence-corrected chi connectivity index (χ3v) is 4.37. The van der Waals surface area contributed by atoms with Gasteiger partial charge in [-0.2, -0.15) is 0 Å². The molecule has 1 aromatic rings. The average molecular weight is 311 g/mol. The molecule has 0 radical (unpaired) electrons. The highest BCUT2D eigenvalue weighted by molar-refractivity contribution is 7.13. The number of likely N-dealkylation sites (tertiary alicyclic amines) is 1. The van der Waals surface area contributed by atoms with Gasteiger partial charge in [0.05, 0.1) is 5.69 Å². The summed E-state index contributed by atoms with van der Waals surface area (Å²) in [5, 5.41) is 14.2. The molecule has 0 aromatic carbocycles. The predicted octanol–water partition coefficient (Wildman–Crippen LogP) is 2.99. The molecule has 2 heterocycles. The molecule has 0 aliphatic carbocycles. The lowest BCUT2D eigenvalue weighted by Crippen LogP contribution is -2.42. The van der Waals surface area contributed by atoms with Crippen LogP contribution in [0.15, 0.2) is 5.38 Å². The zero-order chi connectivity index (χ0) is 15.4.